The second kappa shape index (κ2) is 5.05. The first kappa shape index (κ1) is 11.7. The highest BCUT2D eigenvalue weighted by Crippen LogP contribution is 2.18. The van der Waals surface area contributed by atoms with E-state index in [0.717, 1.165) is 25.2 Å². The predicted octanol–water partition coefficient (Wildman–Crippen LogP) is 1.29. The summed E-state index contributed by atoms with van der Waals surface area (Å²) in [6.45, 7) is 2.17. The number of likely N-dealkylation sites (tertiary alicyclic amines) is 1. The molecular formula is C12H18N4O. The van der Waals surface area contributed by atoms with Crippen LogP contribution in [0.1, 0.15) is 6.42 Å². The molecule has 1 aromatic rings. The first-order chi connectivity index (χ1) is 8.13. The third-order valence-corrected chi connectivity index (χ3v) is 2.89. The summed E-state index contributed by atoms with van der Waals surface area (Å²) in [6, 6.07) is 7.53. The number of nitrogens with two attached hydrogens (primary N) is 1. The van der Waals surface area contributed by atoms with Crippen LogP contribution in [0, 0.1) is 0 Å². The normalized spacial score (nSPS) is 20.2. The van der Waals surface area contributed by atoms with Crippen LogP contribution >= 0.6 is 0 Å². The summed E-state index contributed by atoms with van der Waals surface area (Å²) in [5, 5.41) is 6.02. The molecule has 92 valence electrons. The molecule has 0 saturated carbocycles. The maximum atomic E-state index is 10.8. The molecule has 1 saturated heterocycles. The molecule has 1 unspecified atom stereocenters. The average Bonchev–Trinajstić information content (AvgIpc) is 2.63. The molecule has 0 spiro atoms. The van der Waals surface area contributed by atoms with Crippen LogP contribution in [0.25, 0.3) is 0 Å². The topological polar surface area (TPSA) is 70.4 Å². The largest absolute Gasteiger partial charge is 0.381 e. The van der Waals surface area contributed by atoms with Crippen molar-refractivity contribution in [2.45, 2.75) is 12.5 Å². The molecular weight excluding hydrogens is 216 g/mol. The molecule has 2 rings (SSSR count). The van der Waals surface area contributed by atoms with Gasteiger partial charge < -0.3 is 21.3 Å². The fourth-order valence-electron chi connectivity index (χ4n) is 2.12. The van der Waals surface area contributed by atoms with Crippen LogP contribution in [0.3, 0.4) is 0 Å². The van der Waals surface area contributed by atoms with Crippen molar-refractivity contribution in [3.05, 3.63) is 24.3 Å². The number of benzene rings is 1. The number of hydrogen-bond acceptors (Lipinski definition) is 3. The first-order valence-corrected chi connectivity index (χ1v) is 5.75. The Hall–Kier alpha value is -1.75. The van der Waals surface area contributed by atoms with Gasteiger partial charge in [0.1, 0.15) is 0 Å². The molecule has 1 aliphatic rings. The summed E-state index contributed by atoms with van der Waals surface area (Å²) in [6.07, 6.45) is 1.14. The quantitative estimate of drug-likeness (QED) is 0.738. The van der Waals surface area contributed by atoms with Crippen molar-refractivity contribution in [3.8, 4) is 0 Å². The Labute approximate surface area is 101 Å². The smallest absolute Gasteiger partial charge is 0.316 e. The molecule has 5 nitrogen and oxygen atoms in total. The van der Waals surface area contributed by atoms with Gasteiger partial charge in [-0.1, -0.05) is 6.07 Å². The van der Waals surface area contributed by atoms with Crippen molar-refractivity contribution in [2.24, 2.45) is 5.73 Å². The maximum Gasteiger partial charge on any atom is 0.316 e. The van der Waals surface area contributed by atoms with Crippen LogP contribution in [-0.4, -0.2) is 37.1 Å². The fraction of sp³-hybridized carbons (Fsp3) is 0.417. The van der Waals surface area contributed by atoms with Gasteiger partial charge in [-0.25, -0.2) is 4.79 Å². The van der Waals surface area contributed by atoms with E-state index in [0.29, 0.717) is 11.7 Å². The van der Waals surface area contributed by atoms with E-state index in [9.17, 15) is 4.79 Å². The zero-order valence-electron chi connectivity index (χ0n) is 9.94. The molecule has 1 fully saturated rings. The van der Waals surface area contributed by atoms with Crippen LogP contribution in [0.5, 0.6) is 0 Å². The number of hydrogen-bond donors (Lipinski definition) is 3. The molecule has 1 heterocycles. The molecule has 1 aliphatic heterocycles. The van der Waals surface area contributed by atoms with Gasteiger partial charge in [0.05, 0.1) is 0 Å². The predicted molar refractivity (Wildman–Crippen MR) is 69.2 cm³/mol. The van der Waals surface area contributed by atoms with E-state index in [1.54, 1.807) is 0 Å². The van der Waals surface area contributed by atoms with Gasteiger partial charge in [0.2, 0.25) is 0 Å². The minimum atomic E-state index is -0.539. The lowest BCUT2D eigenvalue weighted by Crippen LogP contribution is -2.23. The summed E-state index contributed by atoms with van der Waals surface area (Å²) in [5.41, 5.74) is 6.81. The van der Waals surface area contributed by atoms with E-state index in [1.165, 1.54) is 0 Å². The second-order valence-corrected chi connectivity index (χ2v) is 4.46. The van der Waals surface area contributed by atoms with Crippen molar-refractivity contribution in [1.29, 1.82) is 0 Å². The number of anilines is 2. The number of carbonyl (C=O) groups excluding carboxylic acids is 1. The lowest BCUT2D eigenvalue weighted by molar-refractivity contribution is 0.259. The van der Waals surface area contributed by atoms with E-state index in [2.05, 4.69) is 22.6 Å². The summed E-state index contributed by atoms with van der Waals surface area (Å²) in [7, 11) is 2.12. The van der Waals surface area contributed by atoms with Gasteiger partial charge in [-0.05, 0) is 38.2 Å². The minimum Gasteiger partial charge on any atom is -0.381 e. The second-order valence-electron chi connectivity index (χ2n) is 4.46. The zero-order chi connectivity index (χ0) is 12.3. The van der Waals surface area contributed by atoms with Gasteiger partial charge in [0.25, 0.3) is 0 Å². The van der Waals surface area contributed by atoms with E-state index in [4.69, 9.17) is 5.73 Å². The van der Waals surface area contributed by atoms with Crippen molar-refractivity contribution < 1.29 is 4.79 Å². The minimum absolute atomic E-state index is 0.476. The van der Waals surface area contributed by atoms with Gasteiger partial charge in [-0.3, -0.25) is 0 Å². The van der Waals surface area contributed by atoms with Gasteiger partial charge in [-0.2, -0.15) is 0 Å². The monoisotopic (exact) mass is 234 g/mol. The Morgan fingerprint density at radius 3 is 2.88 bits per heavy atom. The molecule has 1 atom stereocenters. The van der Waals surface area contributed by atoms with E-state index in [1.807, 2.05) is 24.3 Å². The molecule has 0 aliphatic carbocycles. The summed E-state index contributed by atoms with van der Waals surface area (Å²) >= 11 is 0. The molecule has 1 aromatic carbocycles. The van der Waals surface area contributed by atoms with Gasteiger partial charge in [0.15, 0.2) is 0 Å². The highest BCUT2D eigenvalue weighted by Gasteiger charge is 2.18. The number of urea groups is 1. The van der Waals surface area contributed by atoms with E-state index < -0.39 is 6.03 Å². The van der Waals surface area contributed by atoms with Crippen LogP contribution in [-0.2, 0) is 0 Å². The molecule has 5 heteroatoms. The molecule has 17 heavy (non-hydrogen) atoms. The standard InChI is InChI=1S/C12H18N4O/c1-16-6-5-11(8-16)14-9-3-2-4-10(7-9)15-12(13)17/h2-4,7,11,14H,5-6,8H2,1H3,(H3,13,15,17). The highest BCUT2D eigenvalue weighted by atomic mass is 16.2. The van der Waals surface area contributed by atoms with Crippen LogP contribution in [0.15, 0.2) is 24.3 Å². The number of nitrogens with one attached hydrogen (secondary N) is 2. The number of primary amides is 1. The lowest BCUT2D eigenvalue weighted by Gasteiger charge is -2.15. The molecule has 0 radical (unpaired) electrons. The summed E-state index contributed by atoms with van der Waals surface area (Å²) in [5.74, 6) is 0. The molecule has 2 amide bonds. The van der Waals surface area contributed by atoms with Crippen molar-refractivity contribution in [2.75, 3.05) is 30.8 Å². The lowest BCUT2D eigenvalue weighted by atomic mass is 10.2. The number of nitrogens with zero attached hydrogens (tertiary/aromatic N) is 1. The SMILES string of the molecule is CN1CCC(Nc2cccc(NC(N)=O)c2)C1. The fourth-order valence-corrected chi connectivity index (χ4v) is 2.12. The maximum absolute atomic E-state index is 10.8. The first-order valence-electron chi connectivity index (χ1n) is 5.75. The third kappa shape index (κ3) is 3.35. The van der Waals surface area contributed by atoms with Crippen LogP contribution < -0.4 is 16.4 Å². The highest BCUT2D eigenvalue weighted by molar-refractivity contribution is 5.88. The van der Waals surface area contributed by atoms with Crippen molar-refractivity contribution in [3.63, 3.8) is 0 Å². The van der Waals surface area contributed by atoms with Gasteiger partial charge >= 0.3 is 6.03 Å². The third-order valence-electron chi connectivity index (χ3n) is 2.89. The van der Waals surface area contributed by atoms with Gasteiger partial charge in [0, 0.05) is 24.0 Å². The van der Waals surface area contributed by atoms with Crippen LogP contribution in [0.2, 0.25) is 0 Å². The number of rotatable bonds is 3. The summed E-state index contributed by atoms with van der Waals surface area (Å²) in [4.78, 5) is 13.0. The number of carbonyl (C=O) groups is 1. The Balaban J connectivity index is 1.98. The Morgan fingerprint density at radius 2 is 2.24 bits per heavy atom. The Kier molecular flexibility index (Phi) is 3.49. The molecule has 4 N–H and O–H groups in total. The Bertz CT molecular complexity index is 407. The van der Waals surface area contributed by atoms with Gasteiger partial charge in [-0.15, -0.1) is 0 Å². The molecule has 0 aromatic heterocycles. The average molecular weight is 234 g/mol. The zero-order valence-corrected chi connectivity index (χ0v) is 9.94. The van der Waals surface area contributed by atoms with Crippen molar-refractivity contribution in [1.82, 2.24) is 4.90 Å². The Morgan fingerprint density at radius 1 is 1.47 bits per heavy atom. The van der Waals surface area contributed by atoms with E-state index in [-0.39, 0.29) is 0 Å². The molecule has 0 bridgehead atoms. The van der Waals surface area contributed by atoms with Crippen LogP contribution in [0.4, 0.5) is 16.2 Å². The van der Waals surface area contributed by atoms with E-state index >= 15 is 0 Å². The number of amides is 2. The number of likely N-dealkylation sites (N-methyl/N-ethyl adjacent to an activating group) is 1. The summed E-state index contributed by atoms with van der Waals surface area (Å²) < 4.78 is 0. The van der Waals surface area contributed by atoms with Crippen molar-refractivity contribution >= 4 is 17.4 Å².